The van der Waals surface area contributed by atoms with E-state index in [0.717, 1.165) is 0 Å². The fourth-order valence-electron chi connectivity index (χ4n) is 1.89. The van der Waals surface area contributed by atoms with Crippen molar-refractivity contribution in [2.45, 2.75) is 19.5 Å². The number of rotatable bonds is 3. The van der Waals surface area contributed by atoms with Gasteiger partial charge >= 0.3 is 0 Å². The molecule has 2 heterocycles. The second kappa shape index (κ2) is 5.54. The summed E-state index contributed by atoms with van der Waals surface area (Å²) >= 11 is 6.09. The summed E-state index contributed by atoms with van der Waals surface area (Å²) in [6.45, 7) is 2.26. The highest BCUT2D eigenvalue weighted by Crippen LogP contribution is 2.20. The van der Waals surface area contributed by atoms with Crippen LogP contribution in [0.2, 0.25) is 5.02 Å². The molecule has 1 unspecified atom stereocenters. The number of carbonyl (C=O) groups excluding carboxylic acids is 2. The van der Waals surface area contributed by atoms with Crippen molar-refractivity contribution in [3.8, 4) is 0 Å². The van der Waals surface area contributed by atoms with Crippen LogP contribution >= 0.6 is 11.6 Å². The van der Waals surface area contributed by atoms with Crippen LogP contribution in [0.3, 0.4) is 0 Å². The molecule has 2 N–H and O–H groups in total. The first-order valence-corrected chi connectivity index (χ1v) is 6.30. The number of halogens is 1. The van der Waals surface area contributed by atoms with Gasteiger partial charge in [-0.2, -0.15) is 0 Å². The highest BCUT2D eigenvalue weighted by atomic mass is 35.5. The maximum absolute atomic E-state index is 11.6. The molecule has 1 aliphatic rings. The fraction of sp³-hybridized carbons (Fsp3) is 0.417. The number of imide groups is 1. The molecule has 0 saturated carbocycles. The van der Waals surface area contributed by atoms with Gasteiger partial charge in [-0.15, -0.1) is 0 Å². The van der Waals surface area contributed by atoms with Crippen LogP contribution in [0.25, 0.3) is 0 Å². The number of anilines is 1. The monoisotopic (exact) mass is 282 g/mol. The molecule has 1 aromatic heterocycles. The minimum Gasteiger partial charge on any atom is -0.373 e. The molecule has 102 valence electrons. The van der Waals surface area contributed by atoms with E-state index in [1.165, 1.54) is 0 Å². The van der Waals surface area contributed by atoms with Crippen molar-refractivity contribution in [2.75, 3.05) is 18.9 Å². The molecule has 6 nitrogen and oxygen atoms in total. The topological polar surface area (TPSA) is 74.3 Å². The van der Waals surface area contributed by atoms with Gasteiger partial charge in [0, 0.05) is 13.6 Å². The number of hydrogen-bond acceptors (Lipinski definition) is 5. The van der Waals surface area contributed by atoms with Gasteiger partial charge in [0.05, 0.1) is 23.3 Å². The molecule has 0 radical (unpaired) electrons. The van der Waals surface area contributed by atoms with E-state index >= 15 is 0 Å². The Hall–Kier alpha value is -1.66. The molecular formula is C12H15ClN4O2. The van der Waals surface area contributed by atoms with Crippen molar-refractivity contribution < 1.29 is 9.59 Å². The summed E-state index contributed by atoms with van der Waals surface area (Å²) in [4.78, 5) is 29.0. The van der Waals surface area contributed by atoms with Crippen LogP contribution in [0.5, 0.6) is 0 Å². The molecule has 2 amide bonds. The van der Waals surface area contributed by atoms with Crippen LogP contribution in [0.1, 0.15) is 12.6 Å². The molecule has 2 rings (SSSR count). The van der Waals surface area contributed by atoms with Gasteiger partial charge in [-0.3, -0.25) is 19.8 Å². The lowest BCUT2D eigenvalue weighted by Crippen LogP contribution is -2.56. The van der Waals surface area contributed by atoms with E-state index in [0.29, 0.717) is 23.1 Å². The largest absolute Gasteiger partial charge is 0.373 e. The summed E-state index contributed by atoms with van der Waals surface area (Å²) in [5.41, 5.74) is 0.642. The Morgan fingerprint density at radius 1 is 1.53 bits per heavy atom. The SMILES string of the molecule is CNc1ccc(Cl)c(CN2CC(=O)NC(=O)C2C)n1. The molecule has 0 spiro atoms. The average Bonchev–Trinajstić information content (AvgIpc) is 2.38. The average molecular weight is 283 g/mol. The zero-order valence-electron chi connectivity index (χ0n) is 10.7. The number of amides is 2. The van der Waals surface area contributed by atoms with E-state index in [1.807, 2.05) is 0 Å². The molecule has 1 saturated heterocycles. The Morgan fingerprint density at radius 3 is 2.95 bits per heavy atom. The first-order chi connectivity index (χ1) is 9.01. The number of piperazine rings is 1. The highest BCUT2D eigenvalue weighted by molar-refractivity contribution is 6.31. The Kier molecular flexibility index (Phi) is 4.01. The lowest BCUT2D eigenvalue weighted by molar-refractivity contribution is -0.139. The molecule has 1 fully saturated rings. The van der Waals surface area contributed by atoms with Gasteiger partial charge in [0.1, 0.15) is 5.82 Å². The number of aromatic nitrogens is 1. The Bertz CT molecular complexity index is 520. The summed E-state index contributed by atoms with van der Waals surface area (Å²) in [5, 5.41) is 5.74. The standard InChI is InChI=1S/C12H15ClN4O2/c1-7-12(19)16-11(18)6-17(7)5-9-8(13)3-4-10(14-2)15-9/h3-4,7H,5-6H2,1-2H3,(H,14,15)(H,16,18,19). The van der Waals surface area contributed by atoms with Crippen LogP contribution in [0.4, 0.5) is 5.82 Å². The number of pyridine rings is 1. The molecular weight excluding hydrogens is 268 g/mol. The molecule has 0 aromatic carbocycles. The van der Waals surface area contributed by atoms with Gasteiger partial charge in [0.2, 0.25) is 11.8 Å². The lowest BCUT2D eigenvalue weighted by Gasteiger charge is -2.31. The maximum Gasteiger partial charge on any atom is 0.243 e. The number of nitrogens with zero attached hydrogens (tertiary/aromatic N) is 2. The Morgan fingerprint density at radius 2 is 2.26 bits per heavy atom. The van der Waals surface area contributed by atoms with E-state index in [-0.39, 0.29) is 24.4 Å². The van der Waals surface area contributed by atoms with E-state index in [4.69, 9.17) is 11.6 Å². The first kappa shape index (κ1) is 13.8. The minimum atomic E-state index is -0.381. The van der Waals surface area contributed by atoms with Gasteiger partial charge in [-0.25, -0.2) is 4.98 Å². The van der Waals surface area contributed by atoms with Crippen molar-refractivity contribution >= 4 is 29.2 Å². The third-order valence-corrected chi connectivity index (χ3v) is 3.41. The number of hydrogen-bond donors (Lipinski definition) is 2. The summed E-state index contributed by atoms with van der Waals surface area (Å²) in [6, 6.07) is 3.13. The summed E-state index contributed by atoms with van der Waals surface area (Å²) < 4.78 is 0. The molecule has 7 heteroatoms. The van der Waals surface area contributed by atoms with Gasteiger partial charge in [-0.1, -0.05) is 11.6 Å². The predicted octanol–water partition coefficient (Wildman–Crippen LogP) is 0.624. The van der Waals surface area contributed by atoms with Gasteiger partial charge in [0.25, 0.3) is 0 Å². The molecule has 1 aliphatic heterocycles. The molecule has 1 atom stereocenters. The zero-order valence-corrected chi connectivity index (χ0v) is 11.5. The van der Waals surface area contributed by atoms with Crippen molar-refractivity contribution in [3.05, 3.63) is 22.8 Å². The summed E-state index contributed by atoms with van der Waals surface area (Å²) in [5.74, 6) is 0.0981. The molecule has 1 aromatic rings. The van der Waals surface area contributed by atoms with E-state index in [1.54, 1.807) is 31.0 Å². The van der Waals surface area contributed by atoms with Crippen LogP contribution in [0, 0.1) is 0 Å². The van der Waals surface area contributed by atoms with E-state index in [2.05, 4.69) is 15.6 Å². The number of nitrogens with one attached hydrogen (secondary N) is 2. The van der Waals surface area contributed by atoms with Gasteiger partial charge in [0.15, 0.2) is 0 Å². The van der Waals surface area contributed by atoms with Crippen molar-refractivity contribution in [1.29, 1.82) is 0 Å². The van der Waals surface area contributed by atoms with E-state index in [9.17, 15) is 9.59 Å². The van der Waals surface area contributed by atoms with Crippen LogP contribution in [-0.2, 0) is 16.1 Å². The predicted molar refractivity (Wildman–Crippen MR) is 71.8 cm³/mol. The second-order valence-corrected chi connectivity index (χ2v) is 4.78. The summed E-state index contributed by atoms with van der Waals surface area (Å²) in [6.07, 6.45) is 0. The Labute approximate surface area is 116 Å². The molecule has 19 heavy (non-hydrogen) atoms. The molecule has 0 aliphatic carbocycles. The van der Waals surface area contributed by atoms with Crippen LogP contribution in [-0.4, -0.2) is 41.3 Å². The maximum atomic E-state index is 11.6. The first-order valence-electron chi connectivity index (χ1n) is 5.92. The van der Waals surface area contributed by atoms with Crippen molar-refractivity contribution in [3.63, 3.8) is 0 Å². The van der Waals surface area contributed by atoms with Gasteiger partial charge < -0.3 is 5.32 Å². The van der Waals surface area contributed by atoms with Gasteiger partial charge in [-0.05, 0) is 19.1 Å². The third-order valence-electron chi connectivity index (χ3n) is 3.06. The third kappa shape index (κ3) is 3.02. The van der Waals surface area contributed by atoms with E-state index < -0.39 is 0 Å². The second-order valence-electron chi connectivity index (χ2n) is 4.37. The fourth-order valence-corrected chi connectivity index (χ4v) is 2.05. The smallest absolute Gasteiger partial charge is 0.243 e. The minimum absolute atomic E-state index is 0.161. The van der Waals surface area contributed by atoms with Crippen molar-refractivity contribution in [2.24, 2.45) is 0 Å². The van der Waals surface area contributed by atoms with Crippen LogP contribution in [0.15, 0.2) is 12.1 Å². The highest BCUT2D eigenvalue weighted by Gasteiger charge is 2.30. The van der Waals surface area contributed by atoms with Crippen LogP contribution < -0.4 is 10.6 Å². The van der Waals surface area contributed by atoms with Crippen molar-refractivity contribution in [1.82, 2.24) is 15.2 Å². The molecule has 0 bridgehead atoms. The quantitative estimate of drug-likeness (QED) is 0.795. The zero-order chi connectivity index (χ0) is 14.0. The lowest BCUT2D eigenvalue weighted by atomic mass is 10.2. The normalized spacial score (nSPS) is 20.3. The summed E-state index contributed by atoms with van der Waals surface area (Å²) in [7, 11) is 1.76. The Balaban J connectivity index is 2.20. The number of carbonyl (C=O) groups is 2.